The lowest BCUT2D eigenvalue weighted by Gasteiger charge is -2.27. The number of anilines is 1. The lowest BCUT2D eigenvalue weighted by molar-refractivity contribution is -0.121. The number of nitrogens with one attached hydrogen (secondary N) is 4. The Labute approximate surface area is 248 Å². The van der Waals surface area contributed by atoms with Crippen LogP contribution >= 0.6 is 0 Å². The highest BCUT2D eigenvalue weighted by Crippen LogP contribution is 2.30. The molecule has 43 heavy (non-hydrogen) atoms. The van der Waals surface area contributed by atoms with Crippen LogP contribution in [-0.2, 0) is 27.5 Å². The number of carbonyl (C=O) groups excluding carboxylic acids is 3. The molecule has 0 unspecified atom stereocenters. The average molecular weight is 584 g/mol. The maximum absolute atomic E-state index is 13.0. The van der Waals surface area contributed by atoms with E-state index in [9.17, 15) is 14.4 Å². The molecule has 1 saturated carbocycles. The van der Waals surface area contributed by atoms with Gasteiger partial charge < -0.3 is 14.8 Å². The Kier molecular flexibility index (Phi) is 9.91. The Morgan fingerprint density at radius 2 is 1.44 bits per heavy atom. The fourth-order valence-electron chi connectivity index (χ4n) is 4.84. The molecule has 2 heterocycles. The van der Waals surface area contributed by atoms with Gasteiger partial charge in [-0.1, -0.05) is 60.7 Å². The van der Waals surface area contributed by atoms with Crippen LogP contribution in [0.2, 0.25) is 0 Å². The van der Waals surface area contributed by atoms with E-state index in [0.29, 0.717) is 30.7 Å². The summed E-state index contributed by atoms with van der Waals surface area (Å²) < 4.78 is 10.6. The van der Waals surface area contributed by atoms with Gasteiger partial charge in [-0.25, -0.2) is 14.6 Å². The number of benzene rings is 2. The monoisotopic (exact) mass is 583 g/mol. The Morgan fingerprint density at radius 3 is 2.05 bits per heavy atom. The molecule has 0 saturated heterocycles. The van der Waals surface area contributed by atoms with Crippen molar-refractivity contribution in [2.24, 2.45) is 16.8 Å². The quantitative estimate of drug-likeness (QED) is 0.169. The van der Waals surface area contributed by atoms with Crippen molar-refractivity contribution in [3.05, 3.63) is 90.3 Å². The molecule has 4 aromatic rings. The fraction of sp³-hybridized carbons (Fsp3) is 0.290. The van der Waals surface area contributed by atoms with Crippen molar-refractivity contribution in [1.29, 1.82) is 0 Å². The number of aromatic amines is 1. The number of aromatic nitrogens is 3. The van der Waals surface area contributed by atoms with E-state index in [1.807, 2.05) is 60.7 Å². The van der Waals surface area contributed by atoms with Gasteiger partial charge in [-0.3, -0.25) is 25.5 Å². The Balaban J connectivity index is 1.14. The van der Waals surface area contributed by atoms with E-state index in [0.717, 1.165) is 29.4 Å². The van der Waals surface area contributed by atoms with E-state index >= 15 is 0 Å². The molecule has 0 bridgehead atoms. The van der Waals surface area contributed by atoms with Crippen molar-refractivity contribution in [1.82, 2.24) is 25.8 Å². The largest absolute Gasteiger partial charge is 0.444 e. The molecule has 3 amide bonds. The third-order valence-electron chi connectivity index (χ3n) is 7.20. The summed E-state index contributed by atoms with van der Waals surface area (Å²) in [6.45, 7) is 0.480. The van der Waals surface area contributed by atoms with Crippen LogP contribution in [0.4, 0.5) is 15.3 Å². The van der Waals surface area contributed by atoms with Crippen LogP contribution in [0.3, 0.4) is 0 Å². The Morgan fingerprint density at radius 1 is 0.837 bits per heavy atom. The van der Waals surface area contributed by atoms with E-state index in [-0.39, 0.29) is 36.9 Å². The van der Waals surface area contributed by atoms with Crippen molar-refractivity contribution in [2.75, 3.05) is 11.9 Å². The molecule has 1 fully saturated rings. The van der Waals surface area contributed by atoms with Gasteiger partial charge in [0.25, 0.3) is 0 Å². The van der Waals surface area contributed by atoms with Gasteiger partial charge in [-0.15, -0.1) is 0 Å². The number of aliphatic imine (C=N–C) groups is 1. The summed E-state index contributed by atoms with van der Waals surface area (Å²) in [5.74, 6) is -0.0587. The van der Waals surface area contributed by atoms with E-state index in [1.165, 1.54) is 0 Å². The van der Waals surface area contributed by atoms with Gasteiger partial charge in [-0.2, -0.15) is 5.10 Å². The molecule has 1 aliphatic carbocycles. The molecule has 222 valence electrons. The number of nitrogens with zero attached hydrogens (tertiary/aromatic N) is 3. The van der Waals surface area contributed by atoms with Crippen LogP contribution < -0.4 is 16.0 Å². The molecule has 2 aromatic carbocycles. The summed E-state index contributed by atoms with van der Waals surface area (Å²) in [6, 6.07) is 20.3. The van der Waals surface area contributed by atoms with Crippen molar-refractivity contribution in [2.45, 2.75) is 38.9 Å². The molecule has 2 aromatic heterocycles. The number of fused-ring (bicyclic) bond motifs is 1. The van der Waals surface area contributed by atoms with E-state index < -0.39 is 12.2 Å². The van der Waals surface area contributed by atoms with E-state index in [4.69, 9.17) is 9.47 Å². The molecule has 0 radical (unpaired) electrons. The first-order valence-corrected chi connectivity index (χ1v) is 14.1. The number of carbonyl (C=O) groups is 3. The molecular weight excluding hydrogens is 550 g/mol. The van der Waals surface area contributed by atoms with Crippen molar-refractivity contribution >= 4 is 40.8 Å². The van der Waals surface area contributed by atoms with Gasteiger partial charge in [0.2, 0.25) is 11.9 Å². The van der Waals surface area contributed by atoms with E-state index in [2.05, 4.69) is 36.1 Å². The predicted molar refractivity (Wildman–Crippen MR) is 160 cm³/mol. The molecule has 1 aliphatic rings. The second-order valence-electron chi connectivity index (χ2n) is 10.3. The van der Waals surface area contributed by atoms with Crippen molar-refractivity contribution < 1.29 is 23.9 Å². The highest BCUT2D eigenvalue weighted by Gasteiger charge is 2.27. The summed E-state index contributed by atoms with van der Waals surface area (Å²) in [5.41, 5.74) is 2.94. The number of alkyl carbamates (subject to hydrolysis) is 2. The van der Waals surface area contributed by atoms with Gasteiger partial charge in [-0.05, 0) is 48.8 Å². The lowest BCUT2D eigenvalue weighted by Crippen LogP contribution is -2.44. The Bertz CT molecular complexity index is 1490. The predicted octanol–water partition coefficient (Wildman–Crippen LogP) is 4.91. The van der Waals surface area contributed by atoms with Crippen LogP contribution in [0.1, 0.15) is 36.8 Å². The van der Waals surface area contributed by atoms with Crippen LogP contribution in [-0.4, -0.2) is 45.8 Å². The molecular formula is C31H33N7O5. The first-order chi connectivity index (χ1) is 21.0. The molecule has 4 N–H and O–H groups in total. The van der Waals surface area contributed by atoms with Crippen LogP contribution in [0.15, 0.2) is 84.1 Å². The lowest BCUT2D eigenvalue weighted by atomic mass is 9.81. The maximum atomic E-state index is 13.0. The number of ether oxygens (including phenoxy) is 2. The zero-order valence-corrected chi connectivity index (χ0v) is 23.5. The summed E-state index contributed by atoms with van der Waals surface area (Å²) in [4.78, 5) is 46.7. The van der Waals surface area contributed by atoms with Gasteiger partial charge in [0, 0.05) is 18.7 Å². The normalized spacial score (nSPS) is 16.1. The highest BCUT2D eigenvalue weighted by atomic mass is 16.6. The standard InChI is InChI=1S/C31H33N7O5/c39-28(35-26-15-16-32-27-25(26)18-34-38-27)24-13-11-21(12-14-24)17-33-29(36-30(40)42-19-22-7-3-1-4-8-22)37-31(41)43-20-23-9-5-2-6-10-23/h1-10,15-16,18,21,24H,11-14,17,19-20H2,(H2,32,34,35,38,39)(H2,33,36,37,40,41). The molecule has 12 heteroatoms. The summed E-state index contributed by atoms with van der Waals surface area (Å²) in [5, 5.41) is 15.6. The smallest absolute Gasteiger partial charge is 0.414 e. The molecule has 5 rings (SSSR count). The average Bonchev–Trinajstić information content (AvgIpc) is 3.53. The summed E-state index contributed by atoms with van der Waals surface area (Å²) >= 11 is 0. The SMILES string of the molecule is O=C(NC(=NCC1CCC(C(=O)Nc2ccnc3[nH]ncc23)CC1)NC(=O)OCc1ccccc1)OCc1ccccc1. The zero-order chi connectivity index (χ0) is 29.9. The molecule has 0 aliphatic heterocycles. The second-order valence-corrected chi connectivity index (χ2v) is 10.3. The second kappa shape index (κ2) is 14.6. The van der Waals surface area contributed by atoms with Crippen LogP contribution in [0.25, 0.3) is 11.0 Å². The van der Waals surface area contributed by atoms with Gasteiger partial charge >= 0.3 is 12.2 Å². The number of hydrogen-bond acceptors (Lipinski definition) is 8. The number of hydrogen-bond donors (Lipinski definition) is 4. The van der Waals surface area contributed by atoms with E-state index in [1.54, 1.807) is 18.5 Å². The van der Waals surface area contributed by atoms with Crippen LogP contribution in [0, 0.1) is 11.8 Å². The van der Waals surface area contributed by atoms with Gasteiger partial charge in [0.1, 0.15) is 13.2 Å². The van der Waals surface area contributed by atoms with Gasteiger partial charge in [0.05, 0.1) is 17.3 Å². The Hall–Kier alpha value is -5.26. The number of pyridine rings is 1. The molecule has 0 atom stereocenters. The maximum Gasteiger partial charge on any atom is 0.414 e. The topological polar surface area (TPSA) is 160 Å². The third kappa shape index (κ3) is 8.62. The fourth-order valence-corrected chi connectivity index (χ4v) is 4.84. The number of guanidine groups is 1. The van der Waals surface area contributed by atoms with Crippen molar-refractivity contribution in [3.8, 4) is 0 Å². The van der Waals surface area contributed by atoms with Crippen molar-refractivity contribution in [3.63, 3.8) is 0 Å². The minimum absolute atomic E-state index is 0.0398. The van der Waals surface area contributed by atoms with Gasteiger partial charge in [0.15, 0.2) is 5.65 Å². The molecule has 12 nitrogen and oxygen atoms in total. The number of amides is 3. The first kappa shape index (κ1) is 29.2. The molecule has 0 spiro atoms. The van der Waals surface area contributed by atoms with Crippen LogP contribution in [0.5, 0.6) is 0 Å². The summed E-state index contributed by atoms with van der Waals surface area (Å²) in [6.07, 6.45) is 4.68. The number of rotatable bonds is 8. The zero-order valence-electron chi connectivity index (χ0n) is 23.5. The minimum atomic E-state index is -0.755. The summed E-state index contributed by atoms with van der Waals surface area (Å²) in [7, 11) is 0. The third-order valence-corrected chi connectivity index (χ3v) is 7.20. The number of H-pyrrole nitrogens is 1. The highest BCUT2D eigenvalue weighted by molar-refractivity contribution is 6.01. The minimum Gasteiger partial charge on any atom is -0.444 e. The first-order valence-electron chi connectivity index (χ1n) is 14.1.